The lowest BCUT2D eigenvalue weighted by Gasteiger charge is -2.24. The third kappa shape index (κ3) is 2.05. The number of rotatable bonds is 2. The summed E-state index contributed by atoms with van der Waals surface area (Å²) < 4.78 is 0. The molecular formula is C12H15ClN2O. The molecule has 0 bridgehead atoms. The quantitative estimate of drug-likeness (QED) is 0.740. The summed E-state index contributed by atoms with van der Waals surface area (Å²) in [4.78, 5) is 18.1. The first-order valence-electron chi connectivity index (χ1n) is 5.52. The fraction of sp³-hybridized carbons (Fsp3) is 0.500. The lowest BCUT2D eigenvalue weighted by Crippen LogP contribution is -2.39. The van der Waals surface area contributed by atoms with Crippen molar-refractivity contribution < 1.29 is 4.79 Å². The molecule has 3 nitrogen and oxygen atoms in total. The van der Waals surface area contributed by atoms with Gasteiger partial charge in [-0.25, -0.2) is 0 Å². The van der Waals surface area contributed by atoms with Crippen molar-refractivity contribution in [1.29, 1.82) is 0 Å². The predicted molar refractivity (Wildman–Crippen MR) is 63.6 cm³/mol. The summed E-state index contributed by atoms with van der Waals surface area (Å²) in [5.41, 5.74) is 0.506. The molecule has 2 rings (SSSR count). The number of carbonyl (C=O) groups is 1. The molecule has 4 heteroatoms. The summed E-state index contributed by atoms with van der Waals surface area (Å²) in [6.07, 6.45) is 2.67. The molecule has 0 aliphatic carbocycles. The number of likely N-dealkylation sites (tertiary alicyclic amines) is 1. The van der Waals surface area contributed by atoms with Crippen LogP contribution in [0, 0.1) is 5.92 Å². The van der Waals surface area contributed by atoms with Crippen LogP contribution in [0.5, 0.6) is 0 Å². The molecule has 1 aliphatic rings. The average molecular weight is 239 g/mol. The van der Waals surface area contributed by atoms with Gasteiger partial charge in [0.15, 0.2) is 0 Å². The van der Waals surface area contributed by atoms with Gasteiger partial charge in [0.25, 0.3) is 5.91 Å². The first-order valence-corrected chi connectivity index (χ1v) is 6.05. The third-order valence-corrected chi connectivity index (χ3v) is 3.50. The summed E-state index contributed by atoms with van der Waals surface area (Å²) in [5.74, 6) is 0.973. The second-order valence-corrected chi connectivity index (χ2v) is 4.51. The van der Waals surface area contributed by atoms with E-state index in [1.54, 1.807) is 12.3 Å². The van der Waals surface area contributed by atoms with Gasteiger partial charge in [0.05, 0.1) is 0 Å². The van der Waals surface area contributed by atoms with Crippen molar-refractivity contribution in [3.8, 4) is 0 Å². The van der Waals surface area contributed by atoms with Gasteiger partial charge in [0.2, 0.25) is 0 Å². The fourth-order valence-electron chi connectivity index (χ4n) is 2.13. The SMILES string of the molecule is CC1CCN(C(=O)c2ccccn2)C1CCl. The van der Waals surface area contributed by atoms with Gasteiger partial charge in [-0.05, 0) is 24.5 Å². The van der Waals surface area contributed by atoms with E-state index in [4.69, 9.17) is 11.6 Å². The topological polar surface area (TPSA) is 33.2 Å². The van der Waals surface area contributed by atoms with E-state index >= 15 is 0 Å². The Morgan fingerprint density at radius 2 is 2.44 bits per heavy atom. The first kappa shape index (κ1) is 11.4. The van der Waals surface area contributed by atoms with Gasteiger partial charge < -0.3 is 4.90 Å². The highest BCUT2D eigenvalue weighted by molar-refractivity contribution is 6.18. The van der Waals surface area contributed by atoms with Gasteiger partial charge in [-0.3, -0.25) is 9.78 Å². The highest BCUT2D eigenvalue weighted by Gasteiger charge is 2.34. The number of alkyl halides is 1. The van der Waals surface area contributed by atoms with Gasteiger partial charge in [-0.1, -0.05) is 13.0 Å². The number of halogens is 1. The van der Waals surface area contributed by atoms with Gasteiger partial charge in [-0.2, -0.15) is 0 Å². The van der Waals surface area contributed by atoms with Crippen LogP contribution in [0.15, 0.2) is 24.4 Å². The Morgan fingerprint density at radius 3 is 3.06 bits per heavy atom. The van der Waals surface area contributed by atoms with E-state index < -0.39 is 0 Å². The number of hydrogen-bond acceptors (Lipinski definition) is 2. The van der Waals surface area contributed by atoms with Crippen LogP contribution < -0.4 is 0 Å². The smallest absolute Gasteiger partial charge is 0.272 e. The molecule has 2 heterocycles. The van der Waals surface area contributed by atoms with E-state index in [2.05, 4.69) is 11.9 Å². The Kier molecular flexibility index (Phi) is 3.44. The molecule has 1 aliphatic heterocycles. The molecule has 1 amide bonds. The Morgan fingerprint density at radius 1 is 1.62 bits per heavy atom. The van der Waals surface area contributed by atoms with Crippen LogP contribution in [0.2, 0.25) is 0 Å². The summed E-state index contributed by atoms with van der Waals surface area (Å²) >= 11 is 5.91. The van der Waals surface area contributed by atoms with Gasteiger partial charge >= 0.3 is 0 Å². The minimum atomic E-state index is -0.00407. The first-order chi connectivity index (χ1) is 7.74. The van der Waals surface area contributed by atoms with Crippen molar-refractivity contribution in [2.75, 3.05) is 12.4 Å². The molecule has 0 spiro atoms. The average Bonchev–Trinajstić information content (AvgIpc) is 2.70. The van der Waals surface area contributed by atoms with Gasteiger partial charge in [-0.15, -0.1) is 11.6 Å². The molecule has 0 N–H and O–H groups in total. The molecule has 2 atom stereocenters. The maximum atomic E-state index is 12.2. The summed E-state index contributed by atoms with van der Waals surface area (Å²) in [5, 5.41) is 0. The molecule has 0 saturated carbocycles. The van der Waals surface area contributed by atoms with E-state index in [1.807, 2.05) is 17.0 Å². The lowest BCUT2D eigenvalue weighted by molar-refractivity contribution is 0.0731. The number of pyridine rings is 1. The lowest BCUT2D eigenvalue weighted by atomic mass is 10.1. The molecule has 1 aromatic heterocycles. The molecule has 1 fully saturated rings. The second-order valence-electron chi connectivity index (χ2n) is 4.20. The van der Waals surface area contributed by atoms with Crippen LogP contribution >= 0.6 is 11.6 Å². The number of nitrogens with zero attached hydrogens (tertiary/aromatic N) is 2. The summed E-state index contributed by atoms with van der Waals surface area (Å²) in [6, 6.07) is 5.53. The summed E-state index contributed by atoms with van der Waals surface area (Å²) in [6.45, 7) is 2.92. The Hall–Kier alpha value is -1.09. The fourth-order valence-corrected chi connectivity index (χ4v) is 2.60. The zero-order valence-corrected chi connectivity index (χ0v) is 10.0. The maximum absolute atomic E-state index is 12.2. The van der Waals surface area contributed by atoms with E-state index in [1.165, 1.54) is 0 Å². The molecule has 1 aromatic rings. The largest absolute Gasteiger partial charge is 0.333 e. The molecule has 0 radical (unpaired) electrons. The monoisotopic (exact) mass is 238 g/mol. The Labute approximate surface area is 100 Å². The molecule has 16 heavy (non-hydrogen) atoms. The maximum Gasteiger partial charge on any atom is 0.272 e. The van der Waals surface area contributed by atoms with Crippen molar-refractivity contribution in [2.45, 2.75) is 19.4 Å². The molecule has 0 aromatic carbocycles. The van der Waals surface area contributed by atoms with Crippen molar-refractivity contribution in [3.05, 3.63) is 30.1 Å². The minimum absolute atomic E-state index is 0.00407. The van der Waals surface area contributed by atoms with E-state index in [0.717, 1.165) is 13.0 Å². The predicted octanol–water partition coefficient (Wildman–Crippen LogP) is 2.17. The van der Waals surface area contributed by atoms with Gasteiger partial charge in [0, 0.05) is 24.7 Å². The Balaban J connectivity index is 2.17. The highest BCUT2D eigenvalue weighted by Crippen LogP contribution is 2.26. The van der Waals surface area contributed by atoms with Crippen molar-refractivity contribution >= 4 is 17.5 Å². The number of hydrogen-bond donors (Lipinski definition) is 0. The van der Waals surface area contributed by atoms with Crippen molar-refractivity contribution in [2.24, 2.45) is 5.92 Å². The normalized spacial score (nSPS) is 24.8. The standard InChI is InChI=1S/C12H15ClN2O/c1-9-5-7-15(11(9)8-13)12(16)10-4-2-3-6-14-10/h2-4,6,9,11H,5,7-8H2,1H3. The van der Waals surface area contributed by atoms with Gasteiger partial charge in [0.1, 0.15) is 5.69 Å². The minimum Gasteiger partial charge on any atom is -0.333 e. The van der Waals surface area contributed by atoms with Crippen LogP contribution in [-0.4, -0.2) is 34.3 Å². The molecular weight excluding hydrogens is 224 g/mol. The van der Waals surface area contributed by atoms with Crippen LogP contribution in [-0.2, 0) is 0 Å². The van der Waals surface area contributed by atoms with Crippen LogP contribution in [0.25, 0.3) is 0 Å². The molecule has 2 unspecified atom stereocenters. The third-order valence-electron chi connectivity index (χ3n) is 3.19. The number of amides is 1. The van der Waals surface area contributed by atoms with E-state index in [0.29, 0.717) is 17.5 Å². The zero-order chi connectivity index (χ0) is 11.5. The summed E-state index contributed by atoms with van der Waals surface area (Å²) in [7, 11) is 0. The number of carbonyl (C=O) groups excluding carboxylic acids is 1. The molecule has 1 saturated heterocycles. The second kappa shape index (κ2) is 4.83. The van der Waals surface area contributed by atoms with Crippen LogP contribution in [0.4, 0.5) is 0 Å². The van der Waals surface area contributed by atoms with E-state index in [-0.39, 0.29) is 11.9 Å². The zero-order valence-electron chi connectivity index (χ0n) is 9.27. The van der Waals surface area contributed by atoms with Crippen LogP contribution in [0.3, 0.4) is 0 Å². The van der Waals surface area contributed by atoms with Crippen LogP contribution in [0.1, 0.15) is 23.8 Å². The van der Waals surface area contributed by atoms with Crippen molar-refractivity contribution in [3.63, 3.8) is 0 Å². The highest BCUT2D eigenvalue weighted by atomic mass is 35.5. The van der Waals surface area contributed by atoms with E-state index in [9.17, 15) is 4.79 Å². The molecule has 86 valence electrons. The Bertz CT molecular complexity index is 369. The number of aromatic nitrogens is 1. The van der Waals surface area contributed by atoms with Crippen molar-refractivity contribution in [1.82, 2.24) is 9.88 Å².